The first-order valence-electron chi connectivity index (χ1n) is 5.49. The monoisotopic (exact) mass is 253 g/mol. The number of nitrogens with zero attached hydrogens (tertiary/aromatic N) is 1. The molecule has 0 heterocycles. The molecule has 1 fully saturated rings. The van der Waals surface area contributed by atoms with Crippen LogP contribution in [0.25, 0.3) is 0 Å². The van der Waals surface area contributed by atoms with Crippen LogP contribution in [0.3, 0.4) is 0 Å². The van der Waals surface area contributed by atoms with Crippen LogP contribution in [0.1, 0.15) is 12.8 Å². The molecule has 17 heavy (non-hydrogen) atoms. The molecule has 92 valence electrons. The largest absolute Gasteiger partial charge is 0.376 e. The van der Waals surface area contributed by atoms with Crippen LogP contribution in [0.4, 0.5) is 11.4 Å². The Kier molecular flexibility index (Phi) is 3.02. The van der Waals surface area contributed by atoms with E-state index in [0.717, 1.165) is 18.5 Å². The van der Waals surface area contributed by atoms with Gasteiger partial charge in [-0.05, 0) is 31.0 Å². The van der Waals surface area contributed by atoms with Crippen LogP contribution < -0.4 is 16.0 Å². The van der Waals surface area contributed by atoms with Gasteiger partial charge in [-0.3, -0.25) is 4.79 Å². The highest BCUT2D eigenvalue weighted by Crippen LogP contribution is 2.35. The standard InChI is InChI=1S/C12H16ClN3O/c1-16(2)10-4-3-8(13)7-9(10)15-11(17)12(14)5-6-12/h3-4,7H,5-6,14H2,1-2H3,(H,15,17). The van der Waals surface area contributed by atoms with Gasteiger partial charge in [0.15, 0.2) is 0 Å². The van der Waals surface area contributed by atoms with Gasteiger partial charge in [0.2, 0.25) is 5.91 Å². The van der Waals surface area contributed by atoms with E-state index in [0.29, 0.717) is 10.7 Å². The molecule has 0 saturated heterocycles. The van der Waals surface area contributed by atoms with Crippen molar-refractivity contribution in [2.24, 2.45) is 5.73 Å². The lowest BCUT2D eigenvalue weighted by molar-refractivity contribution is -0.118. The Morgan fingerprint density at radius 3 is 2.65 bits per heavy atom. The first-order valence-corrected chi connectivity index (χ1v) is 5.87. The lowest BCUT2D eigenvalue weighted by Gasteiger charge is -2.19. The average Bonchev–Trinajstić information content (AvgIpc) is 2.97. The maximum Gasteiger partial charge on any atom is 0.244 e. The molecule has 1 aliphatic carbocycles. The zero-order valence-corrected chi connectivity index (χ0v) is 10.7. The normalized spacial score (nSPS) is 16.5. The minimum atomic E-state index is -0.675. The topological polar surface area (TPSA) is 58.4 Å². The Hall–Kier alpha value is -1.26. The van der Waals surface area contributed by atoms with E-state index in [9.17, 15) is 4.79 Å². The summed E-state index contributed by atoms with van der Waals surface area (Å²) in [6, 6.07) is 5.40. The Labute approximate surface area is 106 Å². The van der Waals surface area contributed by atoms with Crippen LogP contribution in [-0.4, -0.2) is 25.5 Å². The summed E-state index contributed by atoms with van der Waals surface area (Å²) < 4.78 is 0. The summed E-state index contributed by atoms with van der Waals surface area (Å²) in [5.41, 5.74) is 6.78. The van der Waals surface area contributed by atoms with Crippen molar-refractivity contribution in [3.05, 3.63) is 23.2 Å². The number of rotatable bonds is 3. The van der Waals surface area contributed by atoms with Crippen LogP contribution in [0.15, 0.2) is 18.2 Å². The molecule has 0 unspecified atom stereocenters. The summed E-state index contributed by atoms with van der Waals surface area (Å²) in [5.74, 6) is -0.136. The van der Waals surface area contributed by atoms with Crippen LogP contribution in [0, 0.1) is 0 Å². The Bertz CT molecular complexity index is 455. The third-order valence-corrected chi connectivity index (χ3v) is 3.16. The van der Waals surface area contributed by atoms with Gasteiger partial charge in [-0.15, -0.1) is 0 Å². The lowest BCUT2D eigenvalue weighted by atomic mass is 10.2. The van der Waals surface area contributed by atoms with Crippen LogP contribution in [0.2, 0.25) is 5.02 Å². The highest BCUT2D eigenvalue weighted by Gasteiger charge is 2.46. The molecule has 1 saturated carbocycles. The van der Waals surface area contributed by atoms with Gasteiger partial charge >= 0.3 is 0 Å². The fourth-order valence-corrected chi connectivity index (χ4v) is 1.78. The zero-order chi connectivity index (χ0) is 12.6. The fourth-order valence-electron chi connectivity index (χ4n) is 1.61. The van der Waals surface area contributed by atoms with Gasteiger partial charge in [0, 0.05) is 19.1 Å². The van der Waals surface area contributed by atoms with E-state index in [4.69, 9.17) is 17.3 Å². The quantitative estimate of drug-likeness (QED) is 0.864. The predicted molar refractivity (Wildman–Crippen MR) is 70.6 cm³/mol. The van der Waals surface area contributed by atoms with Crippen LogP contribution >= 0.6 is 11.6 Å². The number of nitrogens with one attached hydrogen (secondary N) is 1. The Balaban J connectivity index is 2.24. The number of hydrogen-bond acceptors (Lipinski definition) is 3. The number of amides is 1. The second-order valence-corrected chi connectivity index (χ2v) is 5.10. The van der Waals surface area contributed by atoms with Gasteiger partial charge < -0.3 is 16.0 Å². The third-order valence-electron chi connectivity index (χ3n) is 2.93. The number of anilines is 2. The van der Waals surface area contributed by atoms with Gasteiger partial charge in [0.1, 0.15) is 0 Å². The van der Waals surface area contributed by atoms with Crippen molar-refractivity contribution in [3.63, 3.8) is 0 Å². The number of nitrogens with two attached hydrogens (primary N) is 1. The first kappa shape index (κ1) is 12.2. The van der Waals surface area contributed by atoms with Crippen molar-refractivity contribution in [1.29, 1.82) is 0 Å². The molecule has 0 radical (unpaired) electrons. The number of hydrogen-bond donors (Lipinski definition) is 2. The lowest BCUT2D eigenvalue weighted by Crippen LogP contribution is -2.38. The van der Waals surface area contributed by atoms with Gasteiger partial charge in [0.25, 0.3) is 0 Å². The molecule has 2 rings (SSSR count). The SMILES string of the molecule is CN(C)c1ccc(Cl)cc1NC(=O)C1(N)CC1. The number of carbonyl (C=O) groups is 1. The number of benzene rings is 1. The Morgan fingerprint density at radius 2 is 2.12 bits per heavy atom. The summed E-state index contributed by atoms with van der Waals surface area (Å²) in [7, 11) is 3.82. The minimum Gasteiger partial charge on any atom is -0.376 e. The van der Waals surface area contributed by atoms with E-state index in [1.807, 2.05) is 25.1 Å². The van der Waals surface area contributed by atoms with Gasteiger partial charge in [-0.25, -0.2) is 0 Å². The maximum absolute atomic E-state index is 11.9. The van der Waals surface area contributed by atoms with Crippen molar-refractivity contribution in [2.75, 3.05) is 24.3 Å². The molecule has 0 spiro atoms. The highest BCUT2D eigenvalue weighted by atomic mass is 35.5. The molecule has 5 heteroatoms. The molecule has 0 bridgehead atoms. The summed E-state index contributed by atoms with van der Waals surface area (Å²) in [6.45, 7) is 0. The summed E-state index contributed by atoms with van der Waals surface area (Å²) >= 11 is 5.93. The predicted octanol–water partition coefficient (Wildman–Crippen LogP) is 1.84. The smallest absolute Gasteiger partial charge is 0.244 e. The van der Waals surface area contributed by atoms with E-state index >= 15 is 0 Å². The molecule has 1 aromatic rings. The van der Waals surface area contributed by atoms with E-state index in [1.165, 1.54) is 0 Å². The van der Waals surface area contributed by atoms with Crippen molar-refractivity contribution < 1.29 is 4.79 Å². The van der Waals surface area contributed by atoms with Crippen molar-refractivity contribution in [3.8, 4) is 0 Å². The summed E-state index contributed by atoms with van der Waals surface area (Å²) in [4.78, 5) is 13.8. The summed E-state index contributed by atoms with van der Waals surface area (Å²) in [5, 5.41) is 3.44. The Morgan fingerprint density at radius 1 is 1.47 bits per heavy atom. The minimum absolute atomic E-state index is 0.136. The molecule has 0 atom stereocenters. The summed E-state index contributed by atoms with van der Waals surface area (Å²) in [6.07, 6.45) is 1.49. The molecular formula is C12H16ClN3O. The van der Waals surface area contributed by atoms with Crippen molar-refractivity contribution in [1.82, 2.24) is 0 Å². The van der Waals surface area contributed by atoms with Crippen LogP contribution in [-0.2, 0) is 4.79 Å². The van der Waals surface area contributed by atoms with Gasteiger partial charge in [-0.1, -0.05) is 11.6 Å². The molecule has 0 aromatic heterocycles. The first-order chi connectivity index (χ1) is 7.92. The van der Waals surface area contributed by atoms with Crippen molar-refractivity contribution in [2.45, 2.75) is 18.4 Å². The second-order valence-electron chi connectivity index (χ2n) is 4.67. The van der Waals surface area contributed by atoms with E-state index in [-0.39, 0.29) is 5.91 Å². The highest BCUT2D eigenvalue weighted by molar-refractivity contribution is 6.31. The molecule has 1 aromatic carbocycles. The zero-order valence-electron chi connectivity index (χ0n) is 9.96. The van der Waals surface area contributed by atoms with Gasteiger partial charge in [-0.2, -0.15) is 0 Å². The second kappa shape index (κ2) is 4.20. The van der Waals surface area contributed by atoms with E-state index in [1.54, 1.807) is 12.1 Å². The molecular weight excluding hydrogens is 238 g/mol. The van der Waals surface area contributed by atoms with Crippen LogP contribution in [0.5, 0.6) is 0 Å². The molecule has 1 amide bonds. The molecule has 1 aliphatic rings. The van der Waals surface area contributed by atoms with Gasteiger partial charge in [0.05, 0.1) is 16.9 Å². The van der Waals surface area contributed by atoms with Crippen molar-refractivity contribution >= 4 is 28.9 Å². The van der Waals surface area contributed by atoms with E-state index in [2.05, 4.69) is 5.32 Å². The third kappa shape index (κ3) is 2.53. The average molecular weight is 254 g/mol. The number of halogens is 1. The molecule has 0 aliphatic heterocycles. The molecule has 3 N–H and O–H groups in total. The number of carbonyl (C=O) groups excluding carboxylic acids is 1. The fraction of sp³-hybridized carbons (Fsp3) is 0.417. The molecule has 4 nitrogen and oxygen atoms in total. The van der Waals surface area contributed by atoms with E-state index < -0.39 is 5.54 Å². The maximum atomic E-state index is 11.9.